The number of rotatable bonds is 4. The fourth-order valence-electron chi connectivity index (χ4n) is 2.31. The third kappa shape index (κ3) is 3.37. The molecule has 1 unspecified atom stereocenters. The molecule has 1 aliphatic heterocycles. The molecule has 110 valence electrons. The van der Waals surface area contributed by atoms with E-state index in [1.54, 1.807) is 4.90 Å². The van der Waals surface area contributed by atoms with Crippen molar-refractivity contribution in [3.63, 3.8) is 0 Å². The van der Waals surface area contributed by atoms with E-state index in [2.05, 4.69) is 13.8 Å². The van der Waals surface area contributed by atoms with Gasteiger partial charge in [-0.3, -0.25) is 9.59 Å². The smallest absolute Gasteiger partial charge is 0.306 e. The molecule has 0 radical (unpaired) electrons. The van der Waals surface area contributed by atoms with E-state index in [0.29, 0.717) is 25.6 Å². The lowest BCUT2D eigenvalue weighted by molar-refractivity contribution is -0.141. The van der Waals surface area contributed by atoms with Crippen molar-refractivity contribution < 1.29 is 19.4 Å². The zero-order chi connectivity index (χ0) is 14.7. The number of hydrogen-bond donors (Lipinski definition) is 1. The van der Waals surface area contributed by atoms with Crippen molar-refractivity contribution in [2.75, 3.05) is 19.7 Å². The summed E-state index contributed by atoms with van der Waals surface area (Å²) < 4.78 is 5.39. The minimum absolute atomic E-state index is 0.0117. The lowest BCUT2D eigenvalue weighted by Gasteiger charge is -2.32. The predicted octanol–water partition coefficient (Wildman–Crippen LogP) is 2.19. The van der Waals surface area contributed by atoms with Crippen LogP contribution in [-0.2, 0) is 9.53 Å². The quantitative estimate of drug-likeness (QED) is 0.925. The first kappa shape index (κ1) is 15.0. The van der Waals surface area contributed by atoms with Gasteiger partial charge in [0.15, 0.2) is 0 Å². The van der Waals surface area contributed by atoms with Crippen molar-refractivity contribution in [1.82, 2.24) is 4.90 Å². The standard InChI is InChI=1S/C14H19NO4S/c1-9(2)11-3-6-20-13(11)14(18)15-4-5-19-10(8-15)7-12(16)17/h3,6,9-10H,4-5,7-8H2,1-2H3,(H,16,17). The maximum atomic E-state index is 12.6. The molecule has 1 saturated heterocycles. The highest BCUT2D eigenvalue weighted by Gasteiger charge is 2.28. The zero-order valence-electron chi connectivity index (χ0n) is 11.7. The topological polar surface area (TPSA) is 66.8 Å². The number of morpholine rings is 1. The predicted molar refractivity (Wildman–Crippen MR) is 76.3 cm³/mol. The summed E-state index contributed by atoms with van der Waals surface area (Å²) in [5, 5.41) is 10.7. The molecule has 2 heterocycles. The molecule has 5 nitrogen and oxygen atoms in total. The number of carboxylic acids is 1. The van der Waals surface area contributed by atoms with E-state index in [0.717, 1.165) is 10.4 Å². The number of carboxylic acid groups (broad SMARTS) is 1. The van der Waals surface area contributed by atoms with Crippen molar-refractivity contribution in [3.8, 4) is 0 Å². The van der Waals surface area contributed by atoms with Crippen LogP contribution in [0.25, 0.3) is 0 Å². The Bertz CT molecular complexity index is 497. The van der Waals surface area contributed by atoms with E-state index in [4.69, 9.17) is 9.84 Å². The maximum Gasteiger partial charge on any atom is 0.306 e. The summed E-state index contributed by atoms with van der Waals surface area (Å²) in [4.78, 5) is 25.7. The monoisotopic (exact) mass is 297 g/mol. The van der Waals surface area contributed by atoms with E-state index < -0.39 is 12.1 Å². The van der Waals surface area contributed by atoms with Crippen molar-refractivity contribution >= 4 is 23.2 Å². The van der Waals surface area contributed by atoms with Crippen LogP contribution in [0.5, 0.6) is 0 Å². The third-order valence-electron chi connectivity index (χ3n) is 3.34. The Hall–Kier alpha value is -1.40. The van der Waals surface area contributed by atoms with Crippen LogP contribution in [0.4, 0.5) is 0 Å². The minimum Gasteiger partial charge on any atom is -0.481 e. The third-order valence-corrected chi connectivity index (χ3v) is 4.26. The highest BCUT2D eigenvalue weighted by molar-refractivity contribution is 7.12. The molecule has 20 heavy (non-hydrogen) atoms. The molecular formula is C14H19NO4S. The van der Waals surface area contributed by atoms with Gasteiger partial charge in [0.05, 0.1) is 24.0 Å². The average molecular weight is 297 g/mol. The van der Waals surface area contributed by atoms with Crippen molar-refractivity contribution in [2.45, 2.75) is 32.3 Å². The summed E-state index contributed by atoms with van der Waals surface area (Å²) in [6.07, 6.45) is -0.474. The van der Waals surface area contributed by atoms with Crippen LogP contribution in [-0.4, -0.2) is 47.7 Å². The Labute approximate surface area is 122 Å². The molecule has 1 aliphatic rings. The van der Waals surface area contributed by atoms with Crippen LogP contribution < -0.4 is 0 Å². The largest absolute Gasteiger partial charge is 0.481 e. The minimum atomic E-state index is -0.900. The van der Waals surface area contributed by atoms with Crippen LogP contribution in [0.1, 0.15) is 41.4 Å². The number of nitrogens with zero attached hydrogens (tertiary/aromatic N) is 1. The number of amides is 1. The van der Waals surface area contributed by atoms with E-state index in [-0.39, 0.29) is 12.3 Å². The number of carbonyl (C=O) groups excluding carboxylic acids is 1. The molecule has 0 aliphatic carbocycles. The van der Waals surface area contributed by atoms with Gasteiger partial charge in [0, 0.05) is 13.1 Å². The summed E-state index contributed by atoms with van der Waals surface area (Å²) >= 11 is 1.45. The molecular weight excluding hydrogens is 278 g/mol. The van der Waals surface area contributed by atoms with Gasteiger partial charge in [0.25, 0.3) is 5.91 Å². The normalized spacial score (nSPS) is 19.4. The van der Waals surface area contributed by atoms with Gasteiger partial charge in [-0.15, -0.1) is 11.3 Å². The molecule has 6 heteroatoms. The number of aliphatic carboxylic acids is 1. The highest BCUT2D eigenvalue weighted by atomic mass is 32.1. The maximum absolute atomic E-state index is 12.6. The highest BCUT2D eigenvalue weighted by Crippen LogP contribution is 2.26. The van der Waals surface area contributed by atoms with E-state index in [9.17, 15) is 9.59 Å². The van der Waals surface area contributed by atoms with Crippen LogP contribution in [0.15, 0.2) is 11.4 Å². The molecule has 0 saturated carbocycles. The average Bonchev–Trinajstić information content (AvgIpc) is 2.86. The zero-order valence-corrected chi connectivity index (χ0v) is 12.5. The molecule has 1 fully saturated rings. The molecule has 0 spiro atoms. The Kier molecular flexibility index (Phi) is 4.77. The van der Waals surface area contributed by atoms with Gasteiger partial charge in [-0.2, -0.15) is 0 Å². The number of ether oxygens (including phenoxy) is 1. The molecule has 1 amide bonds. The van der Waals surface area contributed by atoms with Crippen LogP contribution in [0.3, 0.4) is 0 Å². The second kappa shape index (κ2) is 6.37. The van der Waals surface area contributed by atoms with E-state index in [1.807, 2.05) is 11.4 Å². The van der Waals surface area contributed by atoms with Crippen LogP contribution in [0, 0.1) is 0 Å². The lowest BCUT2D eigenvalue weighted by Crippen LogP contribution is -2.46. The van der Waals surface area contributed by atoms with Gasteiger partial charge >= 0.3 is 5.97 Å². The van der Waals surface area contributed by atoms with Crippen molar-refractivity contribution in [2.24, 2.45) is 0 Å². The van der Waals surface area contributed by atoms with Gasteiger partial charge in [0.1, 0.15) is 0 Å². The molecule has 1 atom stereocenters. The molecule has 1 N–H and O–H groups in total. The Morgan fingerprint density at radius 1 is 1.55 bits per heavy atom. The van der Waals surface area contributed by atoms with E-state index >= 15 is 0 Å². The van der Waals surface area contributed by atoms with Crippen molar-refractivity contribution in [1.29, 1.82) is 0 Å². The van der Waals surface area contributed by atoms with Gasteiger partial charge in [0.2, 0.25) is 0 Å². The molecule has 0 aromatic carbocycles. The number of hydrogen-bond acceptors (Lipinski definition) is 4. The number of thiophene rings is 1. The van der Waals surface area contributed by atoms with Crippen LogP contribution in [0.2, 0.25) is 0 Å². The lowest BCUT2D eigenvalue weighted by atomic mass is 10.0. The summed E-state index contributed by atoms with van der Waals surface area (Å²) in [6.45, 7) is 5.38. The summed E-state index contributed by atoms with van der Waals surface area (Å²) in [6, 6.07) is 1.98. The van der Waals surface area contributed by atoms with Gasteiger partial charge in [-0.25, -0.2) is 0 Å². The first-order valence-electron chi connectivity index (χ1n) is 6.69. The SMILES string of the molecule is CC(C)c1ccsc1C(=O)N1CCOC(CC(=O)O)C1. The Balaban J connectivity index is 2.08. The fraction of sp³-hybridized carbons (Fsp3) is 0.571. The van der Waals surface area contributed by atoms with Gasteiger partial charge in [-0.1, -0.05) is 13.8 Å². The first-order chi connectivity index (χ1) is 9.49. The second-order valence-electron chi connectivity index (χ2n) is 5.20. The number of carbonyl (C=O) groups is 2. The summed E-state index contributed by atoms with van der Waals surface area (Å²) in [5.74, 6) is -0.610. The first-order valence-corrected chi connectivity index (χ1v) is 7.57. The van der Waals surface area contributed by atoms with Gasteiger partial charge in [-0.05, 0) is 22.9 Å². The Morgan fingerprint density at radius 2 is 2.30 bits per heavy atom. The van der Waals surface area contributed by atoms with Gasteiger partial charge < -0.3 is 14.7 Å². The fourth-order valence-corrected chi connectivity index (χ4v) is 3.33. The van der Waals surface area contributed by atoms with E-state index in [1.165, 1.54) is 11.3 Å². The van der Waals surface area contributed by atoms with Crippen molar-refractivity contribution in [3.05, 3.63) is 21.9 Å². The second-order valence-corrected chi connectivity index (χ2v) is 6.12. The summed E-state index contributed by atoms with van der Waals surface area (Å²) in [7, 11) is 0. The Morgan fingerprint density at radius 3 is 2.95 bits per heavy atom. The van der Waals surface area contributed by atoms with Crippen LogP contribution >= 0.6 is 11.3 Å². The molecule has 1 aromatic rings. The molecule has 2 rings (SSSR count). The molecule has 1 aromatic heterocycles. The molecule has 0 bridgehead atoms. The summed E-state index contributed by atoms with van der Waals surface area (Å²) in [5.41, 5.74) is 1.06.